The molecular formula is C27H38N2O2. The van der Waals surface area contributed by atoms with Crippen LogP contribution in [0.4, 0.5) is 5.69 Å². The molecular weight excluding hydrogens is 384 g/mol. The van der Waals surface area contributed by atoms with Crippen LogP contribution in [0.25, 0.3) is 0 Å². The molecule has 2 aromatic rings. The SMILES string of the molecule is CCCC(Cc1ccc(C(C)C)cc1)(C(=O)c1ccc(N2CCOCC2)cc1)N(C)C. The maximum Gasteiger partial charge on any atom is 0.183 e. The van der Waals surface area contributed by atoms with Crippen LogP contribution in [0.5, 0.6) is 0 Å². The predicted molar refractivity (Wildman–Crippen MR) is 129 cm³/mol. The Labute approximate surface area is 188 Å². The highest BCUT2D eigenvalue weighted by Crippen LogP contribution is 2.30. The van der Waals surface area contributed by atoms with E-state index in [9.17, 15) is 4.79 Å². The summed E-state index contributed by atoms with van der Waals surface area (Å²) in [5.41, 5.74) is 3.95. The molecule has 1 saturated heterocycles. The summed E-state index contributed by atoms with van der Waals surface area (Å²) >= 11 is 0. The van der Waals surface area contributed by atoms with Gasteiger partial charge in [-0.25, -0.2) is 0 Å². The quantitative estimate of drug-likeness (QED) is 0.522. The molecule has 0 N–H and O–H groups in total. The molecule has 0 radical (unpaired) electrons. The van der Waals surface area contributed by atoms with Gasteiger partial charge < -0.3 is 9.64 Å². The zero-order valence-electron chi connectivity index (χ0n) is 19.9. The molecule has 1 aliphatic heterocycles. The van der Waals surface area contributed by atoms with Gasteiger partial charge in [0.1, 0.15) is 0 Å². The Bertz CT molecular complexity index is 837. The van der Waals surface area contributed by atoms with Crippen molar-refractivity contribution in [1.29, 1.82) is 0 Å². The first-order chi connectivity index (χ1) is 14.9. The number of ketones is 1. The maximum absolute atomic E-state index is 13.9. The summed E-state index contributed by atoms with van der Waals surface area (Å²) in [7, 11) is 4.08. The fraction of sp³-hybridized carbons (Fsp3) is 0.519. The van der Waals surface area contributed by atoms with Gasteiger partial charge in [-0.2, -0.15) is 0 Å². The number of anilines is 1. The van der Waals surface area contributed by atoms with Gasteiger partial charge in [-0.15, -0.1) is 0 Å². The third-order valence-electron chi connectivity index (χ3n) is 6.59. The third-order valence-corrected chi connectivity index (χ3v) is 6.59. The highest BCUT2D eigenvalue weighted by molar-refractivity contribution is 6.03. The van der Waals surface area contributed by atoms with Gasteiger partial charge in [-0.05, 0) is 68.2 Å². The van der Waals surface area contributed by atoms with E-state index in [-0.39, 0.29) is 5.78 Å². The van der Waals surface area contributed by atoms with Crippen molar-refractivity contribution in [2.75, 3.05) is 45.3 Å². The molecule has 3 rings (SSSR count). The normalized spacial score (nSPS) is 16.5. The Morgan fingerprint density at radius 3 is 2.16 bits per heavy atom. The summed E-state index contributed by atoms with van der Waals surface area (Å²) in [6.45, 7) is 9.90. The van der Waals surface area contributed by atoms with Crippen molar-refractivity contribution in [3.05, 3.63) is 65.2 Å². The van der Waals surface area contributed by atoms with Gasteiger partial charge in [-0.1, -0.05) is 51.5 Å². The molecule has 2 aromatic carbocycles. The van der Waals surface area contributed by atoms with E-state index in [1.54, 1.807) is 0 Å². The molecule has 0 bridgehead atoms. The average molecular weight is 423 g/mol. The fourth-order valence-electron chi connectivity index (χ4n) is 4.55. The predicted octanol–water partition coefficient (Wildman–Crippen LogP) is 5.17. The number of nitrogens with zero attached hydrogens (tertiary/aromatic N) is 2. The molecule has 0 saturated carbocycles. The average Bonchev–Trinajstić information content (AvgIpc) is 2.79. The van der Waals surface area contributed by atoms with Gasteiger partial charge in [0, 0.05) is 24.3 Å². The lowest BCUT2D eigenvalue weighted by Gasteiger charge is -2.39. The second kappa shape index (κ2) is 10.4. The van der Waals surface area contributed by atoms with E-state index in [4.69, 9.17) is 4.74 Å². The monoisotopic (exact) mass is 422 g/mol. The minimum absolute atomic E-state index is 0.209. The molecule has 31 heavy (non-hydrogen) atoms. The van der Waals surface area contributed by atoms with Gasteiger partial charge in [0.25, 0.3) is 0 Å². The number of Topliss-reactive ketones (excluding diaryl/α,β-unsaturated/α-hetero) is 1. The van der Waals surface area contributed by atoms with Gasteiger partial charge in [0.15, 0.2) is 5.78 Å². The molecule has 0 aromatic heterocycles. The molecule has 1 atom stereocenters. The topological polar surface area (TPSA) is 32.8 Å². The van der Waals surface area contributed by atoms with Gasteiger partial charge in [-0.3, -0.25) is 9.69 Å². The van der Waals surface area contributed by atoms with Crippen molar-refractivity contribution in [1.82, 2.24) is 4.90 Å². The maximum atomic E-state index is 13.9. The zero-order valence-corrected chi connectivity index (χ0v) is 19.9. The zero-order chi connectivity index (χ0) is 22.4. The van der Waals surface area contributed by atoms with Gasteiger partial charge >= 0.3 is 0 Å². The number of ether oxygens (including phenoxy) is 1. The van der Waals surface area contributed by atoms with Crippen LogP contribution in [0.3, 0.4) is 0 Å². The summed E-state index contributed by atoms with van der Waals surface area (Å²) in [5.74, 6) is 0.718. The second-order valence-electron chi connectivity index (χ2n) is 9.22. The number of benzene rings is 2. The van der Waals surface area contributed by atoms with E-state index < -0.39 is 5.54 Å². The minimum Gasteiger partial charge on any atom is -0.378 e. The van der Waals surface area contributed by atoms with E-state index in [0.717, 1.165) is 56.8 Å². The number of carbonyl (C=O) groups is 1. The van der Waals surface area contributed by atoms with Crippen molar-refractivity contribution in [3.63, 3.8) is 0 Å². The number of hydrogen-bond acceptors (Lipinski definition) is 4. The van der Waals surface area contributed by atoms with Crippen LogP contribution in [0, 0.1) is 0 Å². The molecule has 168 valence electrons. The molecule has 1 heterocycles. The third kappa shape index (κ3) is 5.36. The number of likely N-dealkylation sites (N-methyl/N-ethyl adjacent to an activating group) is 1. The smallest absolute Gasteiger partial charge is 0.183 e. The van der Waals surface area contributed by atoms with Crippen molar-refractivity contribution in [2.24, 2.45) is 0 Å². The Morgan fingerprint density at radius 2 is 1.65 bits per heavy atom. The van der Waals surface area contributed by atoms with Crippen molar-refractivity contribution in [2.45, 2.75) is 51.5 Å². The molecule has 1 aliphatic rings. The lowest BCUT2D eigenvalue weighted by Crippen LogP contribution is -2.53. The summed E-state index contributed by atoms with van der Waals surface area (Å²) in [4.78, 5) is 18.3. The first kappa shape index (κ1) is 23.5. The Hall–Kier alpha value is -2.17. The number of carbonyl (C=O) groups excluding carboxylic acids is 1. The molecule has 1 fully saturated rings. The summed E-state index contributed by atoms with van der Waals surface area (Å²) < 4.78 is 5.46. The molecule has 0 spiro atoms. The highest BCUT2D eigenvalue weighted by Gasteiger charge is 2.40. The van der Waals surface area contributed by atoms with Crippen molar-refractivity contribution in [3.8, 4) is 0 Å². The number of morpholine rings is 1. The van der Waals surface area contributed by atoms with E-state index in [2.05, 4.69) is 67.0 Å². The van der Waals surface area contributed by atoms with E-state index in [1.807, 2.05) is 26.2 Å². The van der Waals surface area contributed by atoms with Crippen LogP contribution in [0.2, 0.25) is 0 Å². The highest BCUT2D eigenvalue weighted by atomic mass is 16.5. The first-order valence-electron chi connectivity index (χ1n) is 11.6. The molecule has 1 unspecified atom stereocenters. The van der Waals surface area contributed by atoms with Crippen LogP contribution in [0.1, 0.15) is 61.0 Å². The van der Waals surface area contributed by atoms with Crippen LogP contribution < -0.4 is 4.90 Å². The van der Waals surface area contributed by atoms with Crippen LogP contribution in [-0.4, -0.2) is 56.6 Å². The largest absolute Gasteiger partial charge is 0.378 e. The number of hydrogen-bond donors (Lipinski definition) is 0. The number of rotatable bonds is 9. The van der Waals surface area contributed by atoms with Crippen LogP contribution in [-0.2, 0) is 11.2 Å². The molecule has 0 aliphatic carbocycles. The van der Waals surface area contributed by atoms with Gasteiger partial charge in [0.05, 0.1) is 18.8 Å². The molecule has 4 nitrogen and oxygen atoms in total. The van der Waals surface area contributed by atoms with E-state index >= 15 is 0 Å². The van der Waals surface area contributed by atoms with Gasteiger partial charge in [0.2, 0.25) is 0 Å². The first-order valence-corrected chi connectivity index (χ1v) is 11.6. The Kier molecular flexibility index (Phi) is 7.90. The van der Waals surface area contributed by atoms with Crippen molar-refractivity contribution >= 4 is 11.5 Å². The van der Waals surface area contributed by atoms with E-state index in [0.29, 0.717) is 5.92 Å². The minimum atomic E-state index is -0.547. The van der Waals surface area contributed by atoms with E-state index in [1.165, 1.54) is 11.1 Å². The Morgan fingerprint density at radius 1 is 1.03 bits per heavy atom. The lowest BCUT2D eigenvalue weighted by molar-refractivity contribution is 0.0651. The fourth-order valence-corrected chi connectivity index (χ4v) is 4.55. The van der Waals surface area contributed by atoms with Crippen molar-refractivity contribution < 1.29 is 9.53 Å². The molecule has 4 heteroatoms. The standard InChI is InChI=1S/C27H38N2O2/c1-6-15-27(28(4)5,20-22-7-9-23(10-8-22)21(2)3)26(30)24-11-13-25(14-12-24)29-16-18-31-19-17-29/h7-14,21H,6,15-20H2,1-5H3. The second-order valence-corrected chi connectivity index (χ2v) is 9.22. The summed E-state index contributed by atoms with van der Waals surface area (Å²) in [5, 5.41) is 0. The Balaban J connectivity index is 1.87. The lowest BCUT2D eigenvalue weighted by atomic mass is 9.78. The van der Waals surface area contributed by atoms with Crippen LogP contribution >= 0.6 is 0 Å². The van der Waals surface area contributed by atoms with Crippen LogP contribution in [0.15, 0.2) is 48.5 Å². The summed E-state index contributed by atoms with van der Waals surface area (Å²) in [6.07, 6.45) is 2.51. The summed E-state index contributed by atoms with van der Waals surface area (Å²) in [6, 6.07) is 17.0. The molecule has 0 amide bonds.